The highest BCUT2D eigenvalue weighted by molar-refractivity contribution is 7.87. The van der Waals surface area contributed by atoms with Crippen LogP contribution in [0.2, 0.25) is 0 Å². The Morgan fingerprint density at radius 2 is 1.46 bits per heavy atom. The molecule has 0 saturated carbocycles. The van der Waals surface area contributed by atoms with Gasteiger partial charge in [-0.05, 0) is 55.3 Å². The second-order valence-corrected chi connectivity index (χ2v) is 7.93. The summed E-state index contributed by atoms with van der Waals surface area (Å²) >= 11 is 0. The Hall–Kier alpha value is -2.92. The molecule has 0 heterocycles. The summed E-state index contributed by atoms with van der Waals surface area (Å²) in [6.45, 7) is 3.80. The number of hydrogen-bond acceptors (Lipinski definition) is 3. The fraction of sp³-hybridized carbons (Fsp3) is 0.130. The average molecular weight is 396 g/mol. The zero-order valence-electron chi connectivity index (χ0n) is 15.7. The van der Waals surface area contributed by atoms with Gasteiger partial charge in [0.1, 0.15) is 10.7 Å². The number of allylic oxidation sites excluding steroid dienone is 1. The Morgan fingerprint density at radius 3 is 2.04 bits per heavy atom. The number of benzene rings is 3. The van der Waals surface area contributed by atoms with Crippen molar-refractivity contribution in [2.24, 2.45) is 0 Å². The summed E-state index contributed by atoms with van der Waals surface area (Å²) in [5, 5.41) is 0. The minimum Gasteiger partial charge on any atom is -0.378 e. The molecule has 0 aromatic heterocycles. The maximum absolute atomic E-state index is 13.4. The first kappa shape index (κ1) is 19.8. The van der Waals surface area contributed by atoms with Gasteiger partial charge in [0.05, 0.1) is 0 Å². The van der Waals surface area contributed by atoms with E-state index in [2.05, 4.69) is 0 Å². The predicted molar refractivity (Wildman–Crippen MR) is 109 cm³/mol. The summed E-state index contributed by atoms with van der Waals surface area (Å²) in [6, 6.07) is 21.5. The molecule has 0 aliphatic rings. The van der Waals surface area contributed by atoms with E-state index in [1.807, 2.05) is 44.2 Å². The van der Waals surface area contributed by atoms with Gasteiger partial charge in [-0.1, -0.05) is 55.0 Å². The van der Waals surface area contributed by atoms with Crippen molar-refractivity contribution in [2.75, 3.05) is 0 Å². The first-order chi connectivity index (χ1) is 13.4. The second-order valence-electron chi connectivity index (χ2n) is 6.38. The van der Waals surface area contributed by atoms with Crippen LogP contribution < -0.4 is 0 Å². The van der Waals surface area contributed by atoms with Crippen LogP contribution in [0.5, 0.6) is 0 Å². The van der Waals surface area contributed by atoms with Gasteiger partial charge in [0.2, 0.25) is 0 Å². The van der Waals surface area contributed by atoms with E-state index in [9.17, 15) is 12.8 Å². The molecule has 0 aliphatic heterocycles. The van der Waals surface area contributed by atoms with E-state index < -0.39 is 15.9 Å². The summed E-state index contributed by atoms with van der Waals surface area (Å²) in [5.41, 5.74) is 3.02. The third-order valence-corrected chi connectivity index (χ3v) is 5.59. The molecule has 3 nitrogen and oxygen atoms in total. The van der Waals surface area contributed by atoms with Gasteiger partial charge in [0, 0.05) is 11.1 Å². The lowest BCUT2D eigenvalue weighted by atomic mass is 9.99. The van der Waals surface area contributed by atoms with Crippen LogP contribution in [0.3, 0.4) is 0 Å². The van der Waals surface area contributed by atoms with Gasteiger partial charge >= 0.3 is 10.1 Å². The Bertz CT molecular complexity index is 1070. The lowest BCUT2D eigenvalue weighted by Crippen LogP contribution is -2.08. The third-order valence-electron chi connectivity index (χ3n) is 4.36. The van der Waals surface area contributed by atoms with Crippen molar-refractivity contribution in [3.05, 3.63) is 101 Å². The number of aryl methyl sites for hydroxylation is 1. The van der Waals surface area contributed by atoms with Gasteiger partial charge in [-0.25, -0.2) is 4.39 Å². The van der Waals surface area contributed by atoms with Crippen LogP contribution >= 0.6 is 0 Å². The smallest absolute Gasteiger partial charge is 0.339 e. The molecule has 0 unspecified atom stereocenters. The van der Waals surface area contributed by atoms with Crippen molar-refractivity contribution >= 4 is 21.5 Å². The largest absolute Gasteiger partial charge is 0.378 e. The van der Waals surface area contributed by atoms with Gasteiger partial charge in [-0.3, -0.25) is 0 Å². The topological polar surface area (TPSA) is 43.4 Å². The van der Waals surface area contributed by atoms with Crippen LogP contribution in [0, 0.1) is 12.7 Å². The zero-order chi connectivity index (χ0) is 20.1. The zero-order valence-corrected chi connectivity index (χ0v) is 16.5. The Morgan fingerprint density at radius 1 is 0.857 bits per heavy atom. The molecule has 144 valence electrons. The monoisotopic (exact) mass is 396 g/mol. The van der Waals surface area contributed by atoms with Gasteiger partial charge in [0.25, 0.3) is 0 Å². The highest BCUT2D eigenvalue weighted by atomic mass is 32.2. The molecule has 0 spiro atoms. The van der Waals surface area contributed by atoms with E-state index >= 15 is 0 Å². The molecule has 5 heteroatoms. The molecular formula is C23H21FO3S. The van der Waals surface area contributed by atoms with E-state index in [-0.39, 0.29) is 10.7 Å². The predicted octanol–water partition coefficient (Wildman–Crippen LogP) is 5.82. The lowest BCUT2D eigenvalue weighted by molar-refractivity contribution is 0.463. The molecule has 3 aromatic rings. The summed E-state index contributed by atoms with van der Waals surface area (Å²) in [6.07, 6.45) is 0.542. The Balaban J connectivity index is 2.15. The molecule has 0 amide bonds. The van der Waals surface area contributed by atoms with Crippen LogP contribution in [0.15, 0.2) is 83.8 Å². The Labute approximate surface area is 165 Å². The van der Waals surface area contributed by atoms with Gasteiger partial charge in [0.15, 0.2) is 5.76 Å². The maximum Gasteiger partial charge on any atom is 0.339 e. The Kier molecular flexibility index (Phi) is 5.95. The molecule has 28 heavy (non-hydrogen) atoms. The van der Waals surface area contributed by atoms with Gasteiger partial charge in [-0.15, -0.1) is 0 Å². The number of halogens is 1. The van der Waals surface area contributed by atoms with Gasteiger partial charge in [-0.2, -0.15) is 8.42 Å². The van der Waals surface area contributed by atoms with Gasteiger partial charge < -0.3 is 4.18 Å². The molecule has 3 rings (SSSR count). The molecular weight excluding hydrogens is 375 g/mol. The highest BCUT2D eigenvalue weighted by Gasteiger charge is 2.22. The average Bonchev–Trinajstić information content (AvgIpc) is 2.69. The summed E-state index contributed by atoms with van der Waals surface area (Å²) in [5.74, 6) is -0.198. The van der Waals surface area contributed by atoms with Crippen molar-refractivity contribution < 1.29 is 17.0 Å². The van der Waals surface area contributed by atoms with Crippen molar-refractivity contribution in [1.29, 1.82) is 0 Å². The minimum absolute atomic E-state index is 0.0706. The highest BCUT2D eigenvalue weighted by Crippen LogP contribution is 2.33. The summed E-state index contributed by atoms with van der Waals surface area (Å²) in [4.78, 5) is 0.0706. The van der Waals surface area contributed by atoms with Crippen LogP contribution in [-0.2, 0) is 14.3 Å². The molecule has 0 N–H and O–H groups in total. The normalized spacial score (nSPS) is 12.4. The molecule has 0 bridgehead atoms. The molecule has 0 atom stereocenters. The molecule has 3 aromatic carbocycles. The van der Waals surface area contributed by atoms with Crippen molar-refractivity contribution in [3.63, 3.8) is 0 Å². The quantitative estimate of drug-likeness (QED) is 0.300. The van der Waals surface area contributed by atoms with Crippen LogP contribution in [0.1, 0.15) is 30.0 Å². The molecule has 0 aliphatic carbocycles. The molecule has 0 saturated heterocycles. The minimum atomic E-state index is -4.05. The van der Waals surface area contributed by atoms with Crippen LogP contribution in [0.4, 0.5) is 4.39 Å². The fourth-order valence-corrected chi connectivity index (χ4v) is 3.85. The lowest BCUT2D eigenvalue weighted by Gasteiger charge is -2.16. The summed E-state index contributed by atoms with van der Waals surface area (Å²) < 4.78 is 44.9. The van der Waals surface area contributed by atoms with Crippen molar-refractivity contribution in [3.8, 4) is 0 Å². The fourth-order valence-electron chi connectivity index (χ4n) is 2.87. The standard InChI is InChI=1S/C23H21FO3S/c1-3-22(18-7-5-4-6-8-18)23(19-11-13-20(24)14-12-19)27-28(25,26)21-15-9-17(2)10-16-21/h4-16H,3H2,1-2H3/b23-22+. The second kappa shape index (κ2) is 8.40. The molecule has 0 fully saturated rings. The first-order valence-corrected chi connectivity index (χ1v) is 10.4. The van der Waals surface area contributed by atoms with E-state index in [1.54, 1.807) is 12.1 Å². The summed E-state index contributed by atoms with van der Waals surface area (Å²) in [7, 11) is -4.05. The van der Waals surface area contributed by atoms with E-state index in [0.717, 1.165) is 16.7 Å². The van der Waals surface area contributed by atoms with Crippen molar-refractivity contribution in [2.45, 2.75) is 25.2 Å². The van der Waals surface area contributed by atoms with E-state index in [0.29, 0.717) is 12.0 Å². The number of rotatable bonds is 6. The SMILES string of the molecule is CC/C(=C(\OS(=O)(=O)c1ccc(C)cc1)c1ccc(F)cc1)c1ccccc1. The first-order valence-electron chi connectivity index (χ1n) is 8.96. The third kappa shape index (κ3) is 4.49. The van der Waals surface area contributed by atoms with E-state index in [1.165, 1.54) is 36.4 Å². The van der Waals surface area contributed by atoms with Crippen LogP contribution in [-0.4, -0.2) is 8.42 Å². The van der Waals surface area contributed by atoms with E-state index in [4.69, 9.17) is 4.18 Å². The maximum atomic E-state index is 13.4. The van der Waals surface area contributed by atoms with Crippen LogP contribution in [0.25, 0.3) is 11.3 Å². The number of hydrogen-bond donors (Lipinski definition) is 0. The molecule has 0 radical (unpaired) electrons. The van der Waals surface area contributed by atoms with Crippen molar-refractivity contribution in [1.82, 2.24) is 0 Å².